The standard InChI is InChI=1S/C15H22N2O2/c1-11-10-12(5-6-14(11)16-2)15(18)17-8-7-13-4-3-9-19-13/h5-6,10,13,16H,3-4,7-9H2,1-2H3,(H,17,18). The van der Waals surface area contributed by atoms with Crippen molar-refractivity contribution in [3.63, 3.8) is 0 Å². The highest BCUT2D eigenvalue weighted by molar-refractivity contribution is 5.94. The van der Waals surface area contributed by atoms with Crippen molar-refractivity contribution < 1.29 is 9.53 Å². The zero-order valence-corrected chi connectivity index (χ0v) is 11.7. The summed E-state index contributed by atoms with van der Waals surface area (Å²) in [6.45, 7) is 3.54. The molecule has 4 heteroatoms. The number of ether oxygens (including phenoxy) is 1. The summed E-state index contributed by atoms with van der Waals surface area (Å²) >= 11 is 0. The maximum Gasteiger partial charge on any atom is 0.251 e. The first-order chi connectivity index (χ1) is 9.20. The Morgan fingerprint density at radius 2 is 2.32 bits per heavy atom. The van der Waals surface area contributed by atoms with Crippen molar-refractivity contribution in [2.45, 2.75) is 32.3 Å². The second kappa shape index (κ2) is 6.57. The Kier molecular flexibility index (Phi) is 4.80. The summed E-state index contributed by atoms with van der Waals surface area (Å²) in [7, 11) is 1.88. The summed E-state index contributed by atoms with van der Waals surface area (Å²) < 4.78 is 5.53. The van der Waals surface area contributed by atoms with Crippen molar-refractivity contribution in [3.05, 3.63) is 29.3 Å². The minimum Gasteiger partial charge on any atom is -0.388 e. The maximum absolute atomic E-state index is 12.0. The van der Waals surface area contributed by atoms with Crippen LogP contribution in [0.15, 0.2) is 18.2 Å². The van der Waals surface area contributed by atoms with Crippen LogP contribution in [0.1, 0.15) is 35.2 Å². The number of carbonyl (C=O) groups excluding carboxylic acids is 1. The fourth-order valence-electron chi connectivity index (χ4n) is 2.41. The summed E-state index contributed by atoms with van der Waals surface area (Å²) in [5.41, 5.74) is 2.84. The van der Waals surface area contributed by atoms with E-state index in [1.54, 1.807) is 0 Å². The molecule has 0 saturated carbocycles. The molecule has 1 aromatic rings. The third-order valence-electron chi connectivity index (χ3n) is 3.53. The Morgan fingerprint density at radius 3 is 2.95 bits per heavy atom. The van der Waals surface area contributed by atoms with Gasteiger partial charge in [0.2, 0.25) is 0 Å². The van der Waals surface area contributed by atoms with E-state index < -0.39 is 0 Å². The largest absolute Gasteiger partial charge is 0.388 e. The number of rotatable bonds is 5. The summed E-state index contributed by atoms with van der Waals surface area (Å²) in [5.74, 6) is -0.0104. The number of anilines is 1. The molecule has 1 amide bonds. The van der Waals surface area contributed by atoms with Crippen LogP contribution in [0.3, 0.4) is 0 Å². The smallest absolute Gasteiger partial charge is 0.251 e. The number of hydrogen-bond acceptors (Lipinski definition) is 3. The van der Waals surface area contributed by atoms with Gasteiger partial charge in [-0.2, -0.15) is 0 Å². The van der Waals surface area contributed by atoms with E-state index in [9.17, 15) is 4.79 Å². The van der Waals surface area contributed by atoms with Gasteiger partial charge in [-0.25, -0.2) is 0 Å². The first-order valence-corrected chi connectivity index (χ1v) is 6.89. The summed E-state index contributed by atoms with van der Waals surface area (Å²) in [6.07, 6.45) is 3.49. The van der Waals surface area contributed by atoms with E-state index in [-0.39, 0.29) is 5.91 Å². The van der Waals surface area contributed by atoms with Crippen molar-refractivity contribution in [1.29, 1.82) is 0 Å². The van der Waals surface area contributed by atoms with Gasteiger partial charge in [0.25, 0.3) is 5.91 Å². The van der Waals surface area contributed by atoms with Crippen molar-refractivity contribution in [3.8, 4) is 0 Å². The lowest BCUT2D eigenvalue weighted by molar-refractivity contribution is 0.0907. The van der Waals surface area contributed by atoms with Crippen LogP contribution >= 0.6 is 0 Å². The molecule has 0 aromatic heterocycles. The second-order valence-electron chi connectivity index (χ2n) is 4.96. The molecule has 1 fully saturated rings. The van der Waals surface area contributed by atoms with E-state index in [0.717, 1.165) is 37.1 Å². The molecule has 0 spiro atoms. The predicted molar refractivity (Wildman–Crippen MR) is 76.6 cm³/mol. The van der Waals surface area contributed by atoms with Gasteiger partial charge >= 0.3 is 0 Å². The quantitative estimate of drug-likeness (QED) is 0.856. The molecule has 1 unspecified atom stereocenters. The highest BCUT2D eigenvalue weighted by Crippen LogP contribution is 2.16. The summed E-state index contributed by atoms with van der Waals surface area (Å²) in [6, 6.07) is 5.69. The van der Waals surface area contributed by atoms with Crippen LogP contribution in [-0.4, -0.2) is 32.2 Å². The fourth-order valence-corrected chi connectivity index (χ4v) is 2.41. The number of aryl methyl sites for hydroxylation is 1. The average molecular weight is 262 g/mol. The third-order valence-corrected chi connectivity index (χ3v) is 3.53. The SMILES string of the molecule is CNc1ccc(C(=O)NCCC2CCCO2)cc1C. The van der Waals surface area contributed by atoms with Gasteiger partial charge in [0.05, 0.1) is 6.10 Å². The van der Waals surface area contributed by atoms with Gasteiger partial charge in [0, 0.05) is 31.5 Å². The van der Waals surface area contributed by atoms with Crippen LogP contribution < -0.4 is 10.6 Å². The molecule has 19 heavy (non-hydrogen) atoms. The zero-order valence-electron chi connectivity index (χ0n) is 11.7. The van der Waals surface area contributed by atoms with Crippen LogP contribution in [0.2, 0.25) is 0 Å². The van der Waals surface area contributed by atoms with Gasteiger partial charge in [0.1, 0.15) is 0 Å². The molecule has 2 rings (SSSR count). The Balaban J connectivity index is 1.83. The van der Waals surface area contributed by atoms with Crippen molar-refractivity contribution in [1.82, 2.24) is 5.32 Å². The first-order valence-electron chi connectivity index (χ1n) is 6.89. The number of hydrogen-bond donors (Lipinski definition) is 2. The number of nitrogens with one attached hydrogen (secondary N) is 2. The van der Waals surface area contributed by atoms with Gasteiger partial charge in [-0.05, 0) is 49.9 Å². The second-order valence-corrected chi connectivity index (χ2v) is 4.96. The van der Waals surface area contributed by atoms with E-state index in [1.807, 2.05) is 32.2 Å². The molecule has 4 nitrogen and oxygen atoms in total. The first kappa shape index (κ1) is 13.9. The molecule has 0 bridgehead atoms. The minimum absolute atomic E-state index is 0.0104. The van der Waals surface area contributed by atoms with Crippen LogP contribution in [0.4, 0.5) is 5.69 Å². The van der Waals surface area contributed by atoms with E-state index in [0.29, 0.717) is 18.2 Å². The normalized spacial score (nSPS) is 18.3. The van der Waals surface area contributed by atoms with Gasteiger partial charge in [0.15, 0.2) is 0 Å². The minimum atomic E-state index is -0.0104. The molecule has 1 aliphatic rings. The molecule has 1 aliphatic heterocycles. The molecule has 0 aliphatic carbocycles. The van der Waals surface area contributed by atoms with Crippen LogP contribution in [0, 0.1) is 6.92 Å². The van der Waals surface area contributed by atoms with E-state index >= 15 is 0 Å². The third kappa shape index (κ3) is 3.70. The van der Waals surface area contributed by atoms with E-state index in [4.69, 9.17) is 4.74 Å². The lowest BCUT2D eigenvalue weighted by atomic mass is 10.1. The molecule has 2 N–H and O–H groups in total. The maximum atomic E-state index is 12.0. The molecule has 1 saturated heterocycles. The van der Waals surface area contributed by atoms with Crippen molar-refractivity contribution in [2.24, 2.45) is 0 Å². The number of carbonyl (C=O) groups is 1. The molecule has 1 atom stereocenters. The van der Waals surface area contributed by atoms with Gasteiger partial charge in [-0.1, -0.05) is 0 Å². The highest BCUT2D eigenvalue weighted by Gasteiger charge is 2.15. The topological polar surface area (TPSA) is 50.4 Å². The Labute approximate surface area is 114 Å². The van der Waals surface area contributed by atoms with E-state index in [2.05, 4.69) is 10.6 Å². The highest BCUT2D eigenvalue weighted by atomic mass is 16.5. The fraction of sp³-hybridized carbons (Fsp3) is 0.533. The lowest BCUT2D eigenvalue weighted by Crippen LogP contribution is -2.27. The molecule has 0 radical (unpaired) electrons. The van der Waals surface area contributed by atoms with Crippen molar-refractivity contribution in [2.75, 3.05) is 25.5 Å². The van der Waals surface area contributed by atoms with Crippen molar-refractivity contribution >= 4 is 11.6 Å². The monoisotopic (exact) mass is 262 g/mol. The molecule has 1 heterocycles. The Bertz CT molecular complexity index is 440. The Hall–Kier alpha value is -1.55. The molecular formula is C15H22N2O2. The summed E-state index contributed by atoms with van der Waals surface area (Å²) in [4.78, 5) is 12.0. The van der Waals surface area contributed by atoms with Crippen LogP contribution in [0.5, 0.6) is 0 Å². The molecule has 104 valence electrons. The zero-order chi connectivity index (χ0) is 13.7. The van der Waals surface area contributed by atoms with Crippen LogP contribution in [0.25, 0.3) is 0 Å². The average Bonchev–Trinajstić information content (AvgIpc) is 2.91. The van der Waals surface area contributed by atoms with Gasteiger partial charge in [-0.3, -0.25) is 4.79 Å². The summed E-state index contributed by atoms with van der Waals surface area (Å²) in [5, 5.41) is 6.04. The van der Waals surface area contributed by atoms with Gasteiger partial charge < -0.3 is 15.4 Å². The Morgan fingerprint density at radius 1 is 1.47 bits per heavy atom. The molecular weight excluding hydrogens is 240 g/mol. The van der Waals surface area contributed by atoms with Crippen LogP contribution in [-0.2, 0) is 4.74 Å². The lowest BCUT2D eigenvalue weighted by Gasteiger charge is -2.11. The molecule has 1 aromatic carbocycles. The van der Waals surface area contributed by atoms with Gasteiger partial charge in [-0.15, -0.1) is 0 Å². The predicted octanol–water partition coefficient (Wildman–Crippen LogP) is 2.34. The number of benzene rings is 1. The van der Waals surface area contributed by atoms with E-state index in [1.165, 1.54) is 0 Å². The number of amides is 1.